The minimum absolute atomic E-state index is 0.0225. The van der Waals surface area contributed by atoms with E-state index in [-0.39, 0.29) is 179 Å². The highest BCUT2D eigenvalue weighted by atomic mass is 16.5. The van der Waals surface area contributed by atoms with Crippen LogP contribution in [0, 0.1) is 5.92 Å². The summed E-state index contributed by atoms with van der Waals surface area (Å²) in [5.41, 5.74) is 0. The topological polar surface area (TPSA) is 398 Å². The molecule has 0 aromatic rings. The van der Waals surface area contributed by atoms with Gasteiger partial charge in [0.2, 0.25) is 47.3 Å². The molecule has 538 valence electrons. The number of carbonyl (C=O) groups is 11. The largest absolute Gasteiger partial charge is 0.480 e. The van der Waals surface area contributed by atoms with Gasteiger partial charge in [0.05, 0.1) is 79.3 Å². The van der Waals surface area contributed by atoms with Crippen molar-refractivity contribution in [3.05, 3.63) is 0 Å². The van der Waals surface area contributed by atoms with Crippen LogP contribution in [0.15, 0.2) is 0 Å². The van der Waals surface area contributed by atoms with Crippen molar-refractivity contribution in [1.82, 2.24) is 42.5 Å². The molecule has 0 spiro atoms. The van der Waals surface area contributed by atoms with Gasteiger partial charge in [-0.15, -0.1) is 0 Å². The van der Waals surface area contributed by atoms with Crippen molar-refractivity contribution in [2.75, 3.05) is 138 Å². The molecule has 3 atom stereocenters. The summed E-state index contributed by atoms with van der Waals surface area (Å²) in [5.74, 6) is -5.25. The molecular formula is C64H116N8O21. The highest BCUT2D eigenvalue weighted by Crippen LogP contribution is 2.15. The molecule has 0 saturated carbocycles. The summed E-state index contributed by atoms with van der Waals surface area (Å²) in [4.78, 5) is 132. The summed E-state index contributed by atoms with van der Waals surface area (Å²) in [7, 11) is 0. The Morgan fingerprint density at radius 2 is 0.613 bits per heavy atom. The number of ether oxygens (including phenoxy) is 8. The van der Waals surface area contributed by atoms with Crippen molar-refractivity contribution in [1.29, 1.82) is 0 Å². The first kappa shape index (κ1) is 87.0. The second-order valence-electron chi connectivity index (χ2n) is 22.9. The van der Waals surface area contributed by atoms with Gasteiger partial charge in [0.15, 0.2) is 0 Å². The van der Waals surface area contributed by atoms with Gasteiger partial charge >= 0.3 is 11.9 Å². The molecule has 0 saturated heterocycles. The lowest BCUT2D eigenvalue weighted by molar-refractivity contribution is -0.144. The fraction of sp³-hybridized carbons (Fsp3) is 0.828. The van der Waals surface area contributed by atoms with E-state index in [4.69, 9.17) is 37.9 Å². The Kier molecular flexibility index (Phi) is 58.2. The first-order valence-corrected chi connectivity index (χ1v) is 33.6. The number of nitrogens with one attached hydrogen (secondary N) is 8. The molecule has 29 heteroatoms. The van der Waals surface area contributed by atoms with Crippen LogP contribution in [-0.4, -0.2) is 232 Å². The first-order chi connectivity index (χ1) is 44.8. The van der Waals surface area contributed by atoms with E-state index in [1.807, 2.05) is 20.8 Å². The number of amides is 8. The monoisotopic (exact) mass is 1330 g/mol. The van der Waals surface area contributed by atoms with Crippen molar-refractivity contribution in [3.63, 3.8) is 0 Å². The summed E-state index contributed by atoms with van der Waals surface area (Å²) in [6.45, 7) is 10.1. The maximum absolute atomic E-state index is 12.7. The number of carboxylic acids is 2. The van der Waals surface area contributed by atoms with E-state index in [0.717, 1.165) is 44.9 Å². The van der Waals surface area contributed by atoms with Gasteiger partial charge in [-0.3, -0.25) is 38.4 Å². The number of Topliss-reactive ketones (excluding diaryl/α,β-unsaturated/α-hetero) is 1. The smallest absolute Gasteiger partial charge is 0.326 e. The molecular weight excluding hydrogens is 1220 g/mol. The fourth-order valence-corrected chi connectivity index (χ4v) is 8.81. The van der Waals surface area contributed by atoms with Crippen LogP contribution in [-0.2, 0) is 90.6 Å². The van der Waals surface area contributed by atoms with E-state index >= 15 is 0 Å². The molecule has 0 aliphatic heterocycles. The number of unbranched alkanes of at least 4 members (excludes halogenated alkanes) is 14. The quantitative estimate of drug-likeness (QED) is 0.0391. The predicted molar refractivity (Wildman–Crippen MR) is 345 cm³/mol. The van der Waals surface area contributed by atoms with E-state index < -0.39 is 54.8 Å². The van der Waals surface area contributed by atoms with Gasteiger partial charge in [-0.05, 0) is 51.4 Å². The Morgan fingerprint density at radius 3 is 0.978 bits per heavy atom. The number of rotatable bonds is 67. The normalized spacial score (nSPS) is 12.1. The number of hydrogen-bond donors (Lipinski definition) is 10. The molecule has 0 heterocycles. The molecule has 8 amide bonds. The molecule has 0 aliphatic carbocycles. The molecule has 0 aliphatic rings. The summed E-state index contributed by atoms with van der Waals surface area (Å²) in [6, 6.07) is -2.87. The Labute approximate surface area is 550 Å². The third-order valence-electron chi connectivity index (χ3n) is 14.2. The molecule has 93 heavy (non-hydrogen) atoms. The van der Waals surface area contributed by atoms with Gasteiger partial charge in [0.1, 0.15) is 44.3 Å². The van der Waals surface area contributed by atoms with E-state index in [2.05, 4.69) is 42.5 Å². The summed E-state index contributed by atoms with van der Waals surface area (Å²) < 4.78 is 42.8. The third-order valence-corrected chi connectivity index (χ3v) is 14.2. The van der Waals surface area contributed by atoms with Gasteiger partial charge in [0.25, 0.3) is 0 Å². The summed E-state index contributed by atoms with van der Waals surface area (Å²) >= 11 is 0. The molecule has 0 bridgehead atoms. The molecule has 0 rings (SSSR count). The molecule has 0 unspecified atom stereocenters. The second kappa shape index (κ2) is 62.2. The number of ketones is 1. The van der Waals surface area contributed by atoms with Gasteiger partial charge < -0.3 is 95.4 Å². The SMILES string of the molecule is CCCCNC(=O)CC[C@H](NC(=O)CC[C@H](NC(=O)COCCOCCNC(=O)COCCOCCNC(=O)COCCOCCNC(=O)COCCOCCNC(=O)CC[C@H](NC(=O)CCCCCCCCCCCCCCCCC(C)=O)C(C)C)C(=O)O)C(=O)O. The van der Waals surface area contributed by atoms with E-state index in [0.29, 0.717) is 38.1 Å². The molecule has 29 nitrogen and oxygen atoms in total. The Hall–Kier alpha value is -5.95. The molecule has 10 N–H and O–H groups in total. The van der Waals surface area contributed by atoms with Gasteiger partial charge in [-0.25, -0.2) is 9.59 Å². The Balaban J connectivity index is 3.73. The fourth-order valence-electron chi connectivity index (χ4n) is 8.81. The predicted octanol–water partition coefficient (Wildman–Crippen LogP) is 2.95. The van der Waals surface area contributed by atoms with Gasteiger partial charge in [-0.2, -0.15) is 0 Å². The van der Waals surface area contributed by atoms with Gasteiger partial charge in [0, 0.05) is 70.9 Å². The van der Waals surface area contributed by atoms with Crippen molar-refractivity contribution in [3.8, 4) is 0 Å². The first-order valence-electron chi connectivity index (χ1n) is 33.6. The highest BCUT2D eigenvalue weighted by molar-refractivity contribution is 5.87. The Bertz CT molecular complexity index is 2040. The van der Waals surface area contributed by atoms with Crippen LogP contribution in [0.2, 0.25) is 0 Å². The van der Waals surface area contributed by atoms with Crippen molar-refractivity contribution >= 4 is 65.0 Å². The number of aliphatic carboxylic acids is 2. The summed E-state index contributed by atoms with van der Waals surface area (Å²) in [6.07, 6.45) is 19.4. The minimum atomic E-state index is -1.45. The zero-order valence-corrected chi connectivity index (χ0v) is 56.3. The van der Waals surface area contributed by atoms with Crippen LogP contribution in [0.1, 0.15) is 182 Å². The van der Waals surface area contributed by atoms with E-state index in [1.54, 1.807) is 6.92 Å². The lowest BCUT2D eigenvalue weighted by Gasteiger charge is -2.22. The lowest BCUT2D eigenvalue weighted by atomic mass is 9.98. The maximum Gasteiger partial charge on any atom is 0.326 e. The third kappa shape index (κ3) is 59.5. The maximum atomic E-state index is 12.7. The van der Waals surface area contributed by atoms with Crippen LogP contribution < -0.4 is 42.5 Å². The molecule has 0 aromatic heterocycles. The molecule has 0 radical (unpaired) electrons. The van der Waals surface area contributed by atoms with Crippen LogP contribution in [0.3, 0.4) is 0 Å². The highest BCUT2D eigenvalue weighted by Gasteiger charge is 2.25. The van der Waals surface area contributed by atoms with Crippen LogP contribution >= 0.6 is 0 Å². The van der Waals surface area contributed by atoms with Crippen molar-refractivity contribution in [2.45, 2.75) is 200 Å². The molecule has 0 fully saturated rings. The van der Waals surface area contributed by atoms with Crippen LogP contribution in [0.4, 0.5) is 0 Å². The van der Waals surface area contributed by atoms with Crippen molar-refractivity contribution < 1.29 is 101 Å². The second-order valence-corrected chi connectivity index (χ2v) is 22.9. The van der Waals surface area contributed by atoms with E-state index in [9.17, 15) is 63.0 Å². The minimum Gasteiger partial charge on any atom is -0.480 e. The standard InChI is InChI=1S/C64H116N8O21/c1-5-6-29-65-55(74)27-24-53(63(82)83)71-58(77)28-25-54(64(84)85)72-62(81)49-93-45-41-89-37-33-69-61(80)48-92-44-40-88-36-32-68-60(79)47-91-43-39-87-35-31-67-59(78)46-90-42-38-86-34-30-66-56(75)26-23-52(50(2)3)70-57(76)22-20-18-16-14-12-10-8-7-9-11-13-15-17-19-21-51(4)73/h50,52-54H,5-49H2,1-4H3,(H,65,74)(H,66,75)(H,67,78)(H,68,79)(H,69,80)(H,70,76)(H,71,77)(H,72,81)(H,82,83)(H,84,85)/t52-,53-,54-/m0/s1. The van der Waals surface area contributed by atoms with Crippen LogP contribution in [0.5, 0.6) is 0 Å². The van der Waals surface area contributed by atoms with Crippen molar-refractivity contribution in [2.24, 2.45) is 5.92 Å². The lowest BCUT2D eigenvalue weighted by Crippen LogP contribution is -2.45. The van der Waals surface area contributed by atoms with Crippen LogP contribution in [0.25, 0.3) is 0 Å². The average Bonchev–Trinajstić information content (AvgIpc) is 3.62. The zero-order chi connectivity index (χ0) is 68.8. The number of carboxylic acid groups (broad SMARTS) is 2. The number of carbonyl (C=O) groups excluding carboxylic acids is 9. The number of hydrogen-bond acceptors (Lipinski definition) is 19. The average molecular weight is 1330 g/mol. The Morgan fingerprint density at radius 1 is 0.312 bits per heavy atom. The molecule has 0 aromatic carbocycles. The zero-order valence-electron chi connectivity index (χ0n) is 56.3. The van der Waals surface area contributed by atoms with E-state index in [1.165, 1.54) is 64.2 Å². The summed E-state index contributed by atoms with van der Waals surface area (Å²) in [5, 5.41) is 40.0. The van der Waals surface area contributed by atoms with Gasteiger partial charge in [-0.1, -0.05) is 104 Å².